The van der Waals surface area contributed by atoms with E-state index in [2.05, 4.69) is 0 Å². The number of ether oxygens (including phenoxy) is 2. The van der Waals surface area contributed by atoms with Crippen molar-refractivity contribution in [2.45, 2.75) is 32.8 Å². The third kappa shape index (κ3) is 6.03. The summed E-state index contributed by atoms with van der Waals surface area (Å²) in [6.07, 6.45) is 0.474. The average Bonchev–Trinajstić information content (AvgIpc) is 2.50. The zero-order chi connectivity index (χ0) is 16.5. The Balaban J connectivity index is 2.40. The highest BCUT2D eigenvalue weighted by atomic mass is 16.5. The topological polar surface area (TPSA) is 59.0 Å². The molecule has 1 atom stereocenters. The van der Waals surface area contributed by atoms with E-state index in [4.69, 9.17) is 9.47 Å². The summed E-state index contributed by atoms with van der Waals surface area (Å²) in [5, 5.41) is 10.3. The molecule has 0 saturated heterocycles. The van der Waals surface area contributed by atoms with Crippen LogP contribution in [0, 0.1) is 6.92 Å². The lowest BCUT2D eigenvalue weighted by Gasteiger charge is -2.19. The fourth-order valence-electron chi connectivity index (χ4n) is 2.25. The van der Waals surface area contributed by atoms with Gasteiger partial charge in [0, 0.05) is 13.1 Å². The molecule has 0 fully saturated rings. The molecule has 1 N–H and O–H groups in total. The Morgan fingerprint density at radius 2 is 2.09 bits per heavy atom. The van der Waals surface area contributed by atoms with Crippen LogP contribution < -0.4 is 4.74 Å². The molecule has 0 bridgehead atoms. The Kier molecular flexibility index (Phi) is 7.91. The van der Waals surface area contributed by atoms with Crippen molar-refractivity contribution in [3.8, 4) is 5.75 Å². The maximum absolute atomic E-state index is 11.3. The maximum Gasteiger partial charge on any atom is 0.307 e. The molecule has 1 aromatic rings. The van der Waals surface area contributed by atoms with Crippen molar-refractivity contribution in [2.75, 3.05) is 33.9 Å². The van der Waals surface area contributed by atoms with E-state index in [0.29, 0.717) is 32.5 Å². The van der Waals surface area contributed by atoms with Crippen LogP contribution in [0.2, 0.25) is 0 Å². The van der Waals surface area contributed by atoms with Crippen molar-refractivity contribution in [2.24, 2.45) is 0 Å². The molecular weight excluding hydrogens is 282 g/mol. The Labute approximate surface area is 132 Å². The molecule has 0 aromatic heterocycles. The predicted octanol–water partition coefficient (Wildman–Crippen LogP) is 2.31. The fraction of sp³-hybridized carbons (Fsp3) is 0.588. The summed E-state index contributed by atoms with van der Waals surface area (Å²) >= 11 is 0. The number of hydrogen-bond donors (Lipinski definition) is 1. The summed E-state index contributed by atoms with van der Waals surface area (Å²) in [6, 6.07) is 5.70. The molecule has 1 rings (SSSR count). The number of aliphatic hydroxyl groups excluding tert-OH is 1. The molecule has 5 heteroatoms. The lowest BCUT2D eigenvalue weighted by atomic mass is 10.0. The minimum absolute atomic E-state index is 0.180. The molecule has 5 nitrogen and oxygen atoms in total. The molecular formula is C17H27NO4. The molecule has 124 valence electrons. The van der Waals surface area contributed by atoms with Crippen LogP contribution in [0.5, 0.6) is 5.75 Å². The summed E-state index contributed by atoms with van der Waals surface area (Å²) in [4.78, 5) is 13.3. The van der Waals surface area contributed by atoms with Crippen molar-refractivity contribution < 1.29 is 19.4 Å². The van der Waals surface area contributed by atoms with E-state index < -0.39 is 6.10 Å². The largest absolute Gasteiger partial charge is 0.496 e. The Bertz CT molecular complexity index is 476. The zero-order valence-corrected chi connectivity index (χ0v) is 14.0. The predicted molar refractivity (Wildman–Crippen MR) is 86.1 cm³/mol. The first-order valence-electron chi connectivity index (χ1n) is 7.64. The second-order valence-electron chi connectivity index (χ2n) is 5.39. The van der Waals surface area contributed by atoms with Crippen LogP contribution in [0.1, 0.15) is 37.0 Å². The minimum atomic E-state index is -0.519. The minimum Gasteiger partial charge on any atom is -0.496 e. The third-order valence-corrected chi connectivity index (χ3v) is 3.59. The van der Waals surface area contributed by atoms with Crippen molar-refractivity contribution in [3.05, 3.63) is 29.3 Å². The van der Waals surface area contributed by atoms with Gasteiger partial charge >= 0.3 is 5.97 Å². The SMILES string of the molecule is CCOC(=O)CCN(C)CCC(O)c1ccc(OC)c(C)c1. The van der Waals surface area contributed by atoms with Gasteiger partial charge in [-0.1, -0.05) is 6.07 Å². The standard InChI is InChI=1S/C17H27NO4/c1-5-22-17(20)9-11-18(3)10-8-15(19)14-6-7-16(21-4)13(2)12-14/h6-7,12,15,19H,5,8-11H2,1-4H3. The van der Waals surface area contributed by atoms with Gasteiger partial charge in [-0.25, -0.2) is 0 Å². The van der Waals surface area contributed by atoms with Gasteiger partial charge in [-0.2, -0.15) is 0 Å². The number of benzene rings is 1. The summed E-state index contributed by atoms with van der Waals surface area (Å²) in [6.45, 7) is 5.52. The van der Waals surface area contributed by atoms with Gasteiger partial charge in [0.25, 0.3) is 0 Å². The van der Waals surface area contributed by atoms with Gasteiger partial charge in [0.1, 0.15) is 5.75 Å². The van der Waals surface area contributed by atoms with E-state index >= 15 is 0 Å². The molecule has 0 radical (unpaired) electrons. The molecule has 0 heterocycles. The zero-order valence-electron chi connectivity index (χ0n) is 14.0. The Hall–Kier alpha value is -1.59. The van der Waals surface area contributed by atoms with E-state index in [1.807, 2.05) is 37.1 Å². The van der Waals surface area contributed by atoms with Crippen molar-refractivity contribution in [1.82, 2.24) is 4.90 Å². The molecule has 0 amide bonds. The highest BCUT2D eigenvalue weighted by Crippen LogP contribution is 2.24. The maximum atomic E-state index is 11.3. The Morgan fingerprint density at radius 1 is 1.36 bits per heavy atom. The summed E-state index contributed by atoms with van der Waals surface area (Å²) in [7, 11) is 3.57. The number of nitrogens with zero attached hydrogens (tertiary/aromatic N) is 1. The highest BCUT2D eigenvalue weighted by Gasteiger charge is 2.11. The number of methoxy groups -OCH3 is 1. The van der Waals surface area contributed by atoms with E-state index in [0.717, 1.165) is 16.9 Å². The molecule has 0 spiro atoms. The molecule has 0 aliphatic rings. The third-order valence-electron chi connectivity index (χ3n) is 3.59. The van der Waals surface area contributed by atoms with E-state index in [-0.39, 0.29) is 5.97 Å². The molecule has 1 unspecified atom stereocenters. The van der Waals surface area contributed by atoms with Gasteiger partial charge in [0.15, 0.2) is 0 Å². The van der Waals surface area contributed by atoms with E-state index in [9.17, 15) is 9.90 Å². The second kappa shape index (κ2) is 9.43. The van der Waals surface area contributed by atoms with Gasteiger partial charge in [0.05, 0.1) is 26.2 Å². The van der Waals surface area contributed by atoms with Crippen molar-refractivity contribution >= 4 is 5.97 Å². The van der Waals surface area contributed by atoms with Crippen molar-refractivity contribution in [3.63, 3.8) is 0 Å². The van der Waals surface area contributed by atoms with Gasteiger partial charge in [-0.05, 0) is 50.6 Å². The highest BCUT2D eigenvalue weighted by molar-refractivity contribution is 5.69. The van der Waals surface area contributed by atoms with Gasteiger partial charge in [0.2, 0.25) is 0 Å². The lowest BCUT2D eigenvalue weighted by Crippen LogP contribution is -2.25. The number of carbonyl (C=O) groups excluding carboxylic acids is 1. The Morgan fingerprint density at radius 3 is 2.68 bits per heavy atom. The first-order valence-corrected chi connectivity index (χ1v) is 7.64. The summed E-state index contributed by atoms with van der Waals surface area (Å²) in [5.41, 5.74) is 1.90. The number of aryl methyl sites for hydroxylation is 1. The second-order valence-corrected chi connectivity index (χ2v) is 5.39. The average molecular weight is 309 g/mol. The lowest BCUT2D eigenvalue weighted by molar-refractivity contribution is -0.143. The van der Waals surface area contributed by atoms with Gasteiger partial charge in [-0.3, -0.25) is 4.79 Å². The first kappa shape index (κ1) is 18.5. The molecule has 0 aliphatic heterocycles. The monoisotopic (exact) mass is 309 g/mol. The van der Waals surface area contributed by atoms with Gasteiger partial charge < -0.3 is 19.5 Å². The van der Waals surface area contributed by atoms with Crippen molar-refractivity contribution in [1.29, 1.82) is 0 Å². The van der Waals surface area contributed by atoms with Gasteiger partial charge in [-0.15, -0.1) is 0 Å². The molecule has 1 aromatic carbocycles. The molecule has 22 heavy (non-hydrogen) atoms. The van der Waals surface area contributed by atoms with Crippen LogP contribution in [0.15, 0.2) is 18.2 Å². The normalized spacial score (nSPS) is 12.3. The quantitative estimate of drug-likeness (QED) is 0.709. The number of aliphatic hydroxyl groups is 1. The molecule has 0 aliphatic carbocycles. The van der Waals surface area contributed by atoms with Crippen LogP contribution in [0.25, 0.3) is 0 Å². The smallest absolute Gasteiger partial charge is 0.307 e. The first-order chi connectivity index (χ1) is 10.5. The van der Waals surface area contributed by atoms with Crippen LogP contribution in [-0.4, -0.2) is 49.8 Å². The number of carbonyl (C=O) groups is 1. The van der Waals surface area contributed by atoms with Crippen LogP contribution in [0.3, 0.4) is 0 Å². The molecule has 0 saturated carbocycles. The van der Waals surface area contributed by atoms with Crippen LogP contribution >= 0.6 is 0 Å². The number of hydrogen-bond acceptors (Lipinski definition) is 5. The van der Waals surface area contributed by atoms with E-state index in [1.54, 1.807) is 14.0 Å². The van der Waals surface area contributed by atoms with Crippen LogP contribution in [-0.2, 0) is 9.53 Å². The van der Waals surface area contributed by atoms with Crippen LogP contribution in [0.4, 0.5) is 0 Å². The number of rotatable bonds is 9. The summed E-state index contributed by atoms with van der Waals surface area (Å²) in [5.74, 6) is 0.642. The fourth-order valence-corrected chi connectivity index (χ4v) is 2.25. The summed E-state index contributed by atoms with van der Waals surface area (Å²) < 4.78 is 10.1. The van der Waals surface area contributed by atoms with E-state index in [1.165, 1.54) is 0 Å². The number of esters is 1.